The van der Waals surface area contributed by atoms with Crippen LogP contribution in [0.15, 0.2) is 12.1 Å². The lowest BCUT2D eigenvalue weighted by atomic mass is 10.2. The number of hydrogen-bond acceptors (Lipinski definition) is 6. The van der Waals surface area contributed by atoms with E-state index in [1.54, 1.807) is 13.1 Å². The van der Waals surface area contributed by atoms with Crippen LogP contribution in [0.1, 0.15) is 6.42 Å². The highest BCUT2D eigenvalue weighted by Gasteiger charge is 2.23. The molecule has 1 fully saturated rings. The molecule has 2 N–H and O–H groups in total. The highest BCUT2D eigenvalue weighted by Crippen LogP contribution is 2.25. The van der Waals surface area contributed by atoms with E-state index in [-0.39, 0.29) is 11.7 Å². The fourth-order valence-electron chi connectivity index (χ4n) is 2.09. The van der Waals surface area contributed by atoms with Gasteiger partial charge in [-0.2, -0.15) is 0 Å². The Morgan fingerprint density at radius 1 is 1.56 bits per heavy atom. The van der Waals surface area contributed by atoms with Gasteiger partial charge in [0.15, 0.2) is 0 Å². The SMILES string of the molecule is CNc1ccc([N+](=O)[O-])c(NC2CCN(C)C2)n1. The number of nitro groups is 1. The molecule has 0 aromatic carbocycles. The van der Waals surface area contributed by atoms with Crippen molar-refractivity contribution in [3.8, 4) is 0 Å². The summed E-state index contributed by atoms with van der Waals surface area (Å²) in [5.41, 5.74) is 0.0172. The second-order valence-electron chi connectivity index (χ2n) is 4.46. The van der Waals surface area contributed by atoms with Crippen LogP contribution in [0.3, 0.4) is 0 Å². The summed E-state index contributed by atoms with van der Waals surface area (Å²) in [5.74, 6) is 0.960. The molecule has 0 radical (unpaired) electrons. The van der Waals surface area contributed by atoms with E-state index in [9.17, 15) is 10.1 Å². The molecule has 98 valence electrons. The fourth-order valence-corrected chi connectivity index (χ4v) is 2.09. The molecular formula is C11H17N5O2. The van der Waals surface area contributed by atoms with Crippen LogP contribution < -0.4 is 10.6 Å². The summed E-state index contributed by atoms with van der Waals surface area (Å²) < 4.78 is 0. The molecule has 1 aromatic rings. The predicted molar refractivity (Wildman–Crippen MR) is 70.0 cm³/mol. The van der Waals surface area contributed by atoms with Crippen molar-refractivity contribution in [2.24, 2.45) is 0 Å². The lowest BCUT2D eigenvalue weighted by Crippen LogP contribution is -2.24. The molecule has 1 saturated heterocycles. The van der Waals surface area contributed by atoms with Crippen LogP contribution in [-0.2, 0) is 0 Å². The molecule has 0 spiro atoms. The molecule has 1 aromatic heterocycles. The molecule has 1 aliphatic heterocycles. The molecule has 0 bridgehead atoms. The molecule has 7 heteroatoms. The van der Waals surface area contributed by atoms with Gasteiger partial charge in [0.1, 0.15) is 5.82 Å². The quantitative estimate of drug-likeness (QED) is 0.617. The molecule has 18 heavy (non-hydrogen) atoms. The Labute approximate surface area is 105 Å². The summed E-state index contributed by atoms with van der Waals surface area (Å²) in [4.78, 5) is 16.9. The third-order valence-corrected chi connectivity index (χ3v) is 3.06. The van der Waals surface area contributed by atoms with Crippen molar-refractivity contribution in [2.45, 2.75) is 12.5 Å². The molecule has 0 amide bonds. The van der Waals surface area contributed by atoms with Gasteiger partial charge in [-0.25, -0.2) is 4.98 Å². The predicted octanol–water partition coefficient (Wildman–Crippen LogP) is 1.15. The maximum Gasteiger partial charge on any atom is 0.311 e. The van der Waals surface area contributed by atoms with Crippen molar-refractivity contribution in [2.75, 3.05) is 37.8 Å². The van der Waals surface area contributed by atoms with Crippen LogP contribution in [0.5, 0.6) is 0 Å². The van der Waals surface area contributed by atoms with Gasteiger partial charge in [-0.3, -0.25) is 10.1 Å². The normalized spacial score (nSPS) is 19.8. The highest BCUT2D eigenvalue weighted by molar-refractivity contribution is 5.60. The first-order valence-corrected chi connectivity index (χ1v) is 5.88. The lowest BCUT2D eigenvalue weighted by molar-refractivity contribution is -0.384. The van der Waals surface area contributed by atoms with Crippen molar-refractivity contribution in [3.05, 3.63) is 22.2 Å². The van der Waals surface area contributed by atoms with Gasteiger partial charge in [-0.15, -0.1) is 0 Å². The van der Waals surface area contributed by atoms with Crippen LogP contribution in [0.2, 0.25) is 0 Å². The van der Waals surface area contributed by atoms with Gasteiger partial charge in [0, 0.05) is 25.7 Å². The third-order valence-electron chi connectivity index (χ3n) is 3.06. The summed E-state index contributed by atoms with van der Waals surface area (Å²) in [6.07, 6.45) is 0.971. The summed E-state index contributed by atoms with van der Waals surface area (Å²) in [5, 5.41) is 17.0. The number of likely N-dealkylation sites (N-methyl/N-ethyl adjacent to an activating group) is 1. The number of rotatable bonds is 4. The number of hydrogen-bond donors (Lipinski definition) is 2. The fraction of sp³-hybridized carbons (Fsp3) is 0.545. The minimum atomic E-state index is -0.409. The number of nitrogens with zero attached hydrogens (tertiary/aromatic N) is 3. The molecule has 0 aliphatic carbocycles. The Hall–Kier alpha value is -1.89. The second-order valence-corrected chi connectivity index (χ2v) is 4.46. The molecule has 1 atom stereocenters. The molecule has 2 heterocycles. The van der Waals surface area contributed by atoms with E-state index in [1.807, 2.05) is 7.05 Å². The van der Waals surface area contributed by atoms with E-state index < -0.39 is 4.92 Å². The zero-order valence-electron chi connectivity index (χ0n) is 10.5. The van der Waals surface area contributed by atoms with E-state index in [0.29, 0.717) is 11.6 Å². The maximum atomic E-state index is 11.0. The Balaban J connectivity index is 2.21. The van der Waals surface area contributed by atoms with Crippen molar-refractivity contribution < 1.29 is 4.92 Å². The zero-order chi connectivity index (χ0) is 13.1. The lowest BCUT2D eigenvalue weighted by Gasteiger charge is -2.14. The minimum absolute atomic E-state index is 0.0172. The molecule has 1 unspecified atom stereocenters. The average molecular weight is 251 g/mol. The van der Waals surface area contributed by atoms with Crippen molar-refractivity contribution >= 4 is 17.3 Å². The first-order valence-electron chi connectivity index (χ1n) is 5.88. The number of aromatic nitrogens is 1. The third kappa shape index (κ3) is 2.67. The molecule has 2 rings (SSSR count). The first-order chi connectivity index (χ1) is 8.60. The smallest absolute Gasteiger partial charge is 0.311 e. The van der Waals surface area contributed by atoms with Gasteiger partial charge in [0.05, 0.1) is 4.92 Å². The number of pyridine rings is 1. The maximum absolute atomic E-state index is 11.0. The van der Waals surface area contributed by atoms with E-state index >= 15 is 0 Å². The van der Waals surface area contributed by atoms with Gasteiger partial charge >= 0.3 is 5.69 Å². The average Bonchev–Trinajstić information content (AvgIpc) is 2.74. The summed E-state index contributed by atoms with van der Waals surface area (Å²) in [6.45, 7) is 1.87. The van der Waals surface area contributed by atoms with Gasteiger partial charge in [0.2, 0.25) is 5.82 Å². The first kappa shape index (κ1) is 12.6. The van der Waals surface area contributed by atoms with Crippen LogP contribution in [0, 0.1) is 10.1 Å². The van der Waals surface area contributed by atoms with Crippen molar-refractivity contribution in [1.82, 2.24) is 9.88 Å². The minimum Gasteiger partial charge on any atom is -0.373 e. The Morgan fingerprint density at radius 3 is 2.89 bits per heavy atom. The van der Waals surface area contributed by atoms with Crippen molar-refractivity contribution in [1.29, 1.82) is 0 Å². The van der Waals surface area contributed by atoms with Crippen LogP contribution in [-0.4, -0.2) is 48.0 Å². The second kappa shape index (κ2) is 5.18. The largest absolute Gasteiger partial charge is 0.373 e. The number of likely N-dealkylation sites (tertiary alicyclic amines) is 1. The summed E-state index contributed by atoms with van der Waals surface area (Å²) in [7, 11) is 3.77. The number of anilines is 2. The molecule has 1 aliphatic rings. The monoisotopic (exact) mass is 251 g/mol. The van der Waals surface area contributed by atoms with E-state index in [0.717, 1.165) is 19.5 Å². The van der Waals surface area contributed by atoms with Crippen LogP contribution in [0.4, 0.5) is 17.3 Å². The molecule has 0 saturated carbocycles. The van der Waals surface area contributed by atoms with Crippen LogP contribution in [0.25, 0.3) is 0 Å². The van der Waals surface area contributed by atoms with Crippen LogP contribution >= 0.6 is 0 Å². The standard InChI is InChI=1S/C11H17N5O2/c1-12-10-4-3-9(16(17)18)11(14-10)13-8-5-6-15(2)7-8/h3-4,8H,5-7H2,1-2H3,(H2,12,13,14). The van der Waals surface area contributed by atoms with Gasteiger partial charge in [0.25, 0.3) is 0 Å². The molecular weight excluding hydrogens is 234 g/mol. The Bertz CT molecular complexity index is 451. The highest BCUT2D eigenvalue weighted by atomic mass is 16.6. The van der Waals surface area contributed by atoms with Gasteiger partial charge < -0.3 is 15.5 Å². The summed E-state index contributed by atoms with van der Waals surface area (Å²) >= 11 is 0. The number of nitrogens with one attached hydrogen (secondary N) is 2. The zero-order valence-corrected chi connectivity index (χ0v) is 10.5. The molecule has 7 nitrogen and oxygen atoms in total. The van der Waals surface area contributed by atoms with Crippen molar-refractivity contribution in [3.63, 3.8) is 0 Å². The van der Waals surface area contributed by atoms with E-state index in [2.05, 4.69) is 20.5 Å². The van der Waals surface area contributed by atoms with Gasteiger partial charge in [-0.1, -0.05) is 0 Å². The topological polar surface area (TPSA) is 83.3 Å². The van der Waals surface area contributed by atoms with E-state index in [4.69, 9.17) is 0 Å². The van der Waals surface area contributed by atoms with E-state index in [1.165, 1.54) is 6.07 Å². The Morgan fingerprint density at radius 2 is 2.33 bits per heavy atom. The van der Waals surface area contributed by atoms with Gasteiger partial charge in [-0.05, 0) is 26.1 Å². The Kier molecular flexibility index (Phi) is 3.61. The summed E-state index contributed by atoms with van der Waals surface area (Å²) in [6, 6.07) is 3.29.